The van der Waals surface area contributed by atoms with Crippen molar-refractivity contribution in [2.45, 2.75) is 33.2 Å². The number of aromatic nitrogens is 2. The second kappa shape index (κ2) is 5.53. The molecule has 1 aromatic rings. The van der Waals surface area contributed by atoms with Crippen molar-refractivity contribution < 1.29 is 4.79 Å². The van der Waals surface area contributed by atoms with Crippen molar-refractivity contribution >= 4 is 11.6 Å². The number of hydrogen-bond acceptors (Lipinski definition) is 3. The smallest absolute Gasteiger partial charge is 0.239 e. The van der Waals surface area contributed by atoms with Crippen LogP contribution in [-0.4, -0.2) is 28.3 Å². The molecule has 1 unspecified atom stereocenters. The van der Waals surface area contributed by atoms with E-state index in [-0.39, 0.29) is 18.5 Å². The largest absolute Gasteiger partial charge is 0.373 e. The van der Waals surface area contributed by atoms with Crippen molar-refractivity contribution in [3.63, 3.8) is 0 Å². The van der Waals surface area contributed by atoms with Crippen LogP contribution in [0.1, 0.15) is 26.0 Å². The van der Waals surface area contributed by atoms with E-state index in [1.54, 1.807) is 4.68 Å². The lowest BCUT2D eigenvalue weighted by Gasteiger charge is -2.11. The Kier molecular flexibility index (Phi) is 4.34. The molecule has 0 fully saturated rings. The molecule has 0 aliphatic carbocycles. The van der Waals surface area contributed by atoms with E-state index in [1.165, 1.54) is 0 Å². The van der Waals surface area contributed by atoms with Gasteiger partial charge in [0.1, 0.15) is 0 Å². The van der Waals surface area contributed by atoms with E-state index in [2.05, 4.69) is 15.7 Å². The van der Waals surface area contributed by atoms with Gasteiger partial charge in [0, 0.05) is 19.3 Å². The summed E-state index contributed by atoms with van der Waals surface area (Å²) < 4.78 is 1.73. The Balaban J connectivity index is 2.40. The van der Waals surface area contributed by atoms with Gasteiger partial charge in [-0.05, 0) is 20.3 Å². The first kappa shape index (κ1) is 12.5. The summed E-state index contributed by atoms with van der Waals surface area (Å²) in [6.07, 6.45) is 2.81. The average molecular weight is 224 g/mol. The third kappa shape index (κ3) is 3.56. The first-order valence-corrected chi connectivity index (χ1v) is 5.56. The summed E-state index contributed by atoms with van der Waals surface area (Å²) in [6, 6.07) is 0.226. The lowest BCUT2D eigenvalue weighted by molar-refractivity contribution is -0.120. The molecule has 0 aromatic carbocycles. The van der Waals surface area contributed by atoms with Crippen LogP contribution in [0.5, 0.6) is 0 Å². The summed E-state index contributed by atoms with van der Waals surface area (Å²) in [4.78, 5) is 11.5. The molecule has 0 saturated heterocycles. The minimum absolute atomic E-state index is 0.0117. The van der Waals surface area contributed by atoms with Gasteiger partial charge in [0.2, 0.25) is 5.91 Å². The third-order valence-electron chi connectivity index (χ3n) is 2.47. The monoisotopic (exact) mass is 224 g/mol. The standard InChI is InChI=1S/C11H20N4O/c1-5-8(2)13-11(16)6-12-10-7-15(4)14-9(10)3/h7-8,12H,5-6H2,1-4H3,(H,13,16). The molecule has 1 rings (SSSR count). The molecule has 90 valence electrons. The molecule has 0 aliphatic rings. The summed E-state index contributed by atoms with van der Waals surface area (Å²) >= 11 is 0. The van der Waals surface area contributed by atoms with Crippen LogP contribution in [0.3, 0.4) is 0 Å². The highest BCUT2D eigenvalue weighted by Gasteiger charge is 2.07. The first-order chi connectivity index (χ1) is 7.52. The molecule has 0 bridgehead atoms. The van der Waals surface area contributed by atoms with Gasteiger partial charge in [-0.25, -0.2) is 0 Å². The van der Waals surface area contributed by atoms with Crippen LogP contribution in [0.2, 0.25) is 0 Å². The maximum absolute atomic E-state index is 11.5. The lowest BCUT2D eigenvalue weighted by Crippen LogP contribution is -2.36. The molecule has 0 saturated carbocycles. The first-order valence-electron chi connectivity index (χ1n) is 5.56. The number of carbonyl (C=O) groups excluding carboxylic acids is 1. The van der Waals surface area contributed by atoms with Gasteiger partial charge < -0.3 is 10.6 Å². The molecule has 2 N–H and O–H groups in total. The summed E-state index contributed by atoms with van der Waals surface area (Å²) in [5.74, 6) is 0.0117. The van der Waals surface area contributed by atoms with E-state index in [9.17, 15) is 4.79 Å². The van der Waals surface area contributed by atoms with Gasteiger partial charge in [-0.15, -0.1) is 0 Å². The van der Waals surface area contributed by atoms with Gasteiger partial charge in [-0.3, -0.25) is 9.48 Å². The fraction of sp³-hybridized carbons (Fsp3) is 0.636. The van der Waals surface area contributed by atoms with Crippen LogP contribution >= 0.6 is 0 Å². The van der Waals surface area contributed by atoms with Crippen LogP contribution in [0.25, 0.3) is 0 Å². The maximum Gasteiger partial charge on any atom is 0.239 e. The van der Waals surface area contributed by atoms with Crippen molar-refractivity contribution in [2.24, 2.45) is 7.05 Å². The number of carbonyl (C=O) groups is 1. The Morgan fingerprint density at radius 3 is 2.81 bits per heavy atom. The van der Waals surface area contributed by atoms with Crippen LogP contribution < -0.4 is 10.6 Å². The predicted octanol–water partition coefficient (Wildman–Crippen LogP) is 1.06. The van der Waals surface area contributed by atoms with Crippen molar-refractivity contribution in [3.8, 4) is 0 Å². The highest BCUT2D eigenvalue weighted by molar-refractivity contribution is 5.81. The number of nitrogens with zero attached hydrogens (tertiary/aromatic N) is 2. The van der Waals surface area contributed by atoms with E-state index in [0.29, 0.717) is 0 Å². The number of nitrogens with one attached hydrogen (secondary N) is 2. The van der Waals surface area contributed by atoms with Gasteiger partial charge in [-0.1, -0.05) is 6.92 Å². The Morgan fingerprint density at radius 2 is 2.31 bits per heavy atom. The molecular weight excluding hydrogens is 204 g/mol. The van der Waals surface area contributed by atoms with Crippen molar-refractivity contribution in [1.29, 1.82) is 0 Å². The predicted molar refractivity (Wildman–Crippen MR) is 64.3 cm³/mol. The highest BCUT2D eigenvalue weighted by atomic mass is 16.1. The molecule has 1 amide bonds. The number of hydrogen-bond donors (Lipinski definition) is 2. The lowest BCUT2D eigenvalue weighted by atomic mass is 10.2. The minimum atomic E-state index is 0.0117. The highest BCUT2D eigenvalue weighted by Crippen LogP contribution is 2.10. The molecule has 0 spiro atoms. The Labute approximate surface area is 96.2 Å². The topological polar surface area (TPSA) is 59.0 Å². The number of anilines is 1. The van der Waals surface area contributed by atoms with Gasteiger partial charge in [-0.2, -0.15) is 5.10 Å². The van der Waals surface area contributed by atoms with Crippen molar-refractivity contribution in [3.05, 3.63) is 11.9 Å². The van der Waals surface area contributed by atoms with Gasteiger partial charge in [0.05, 0.1) is 17.9 Å². The molecule has 0 aliphatic heterocycles. The van der Waals surface area contributed by atoms with E-state index in [0.717, 1.165) is 17.8 Å². The van der Waals surface area contributed by atoms with Crippen LogP contribution in [0, 0.1) is 6.92 Å². The Hall–Kier alpha value is -1.52. The van der Waals surface area contributed by atoms with E-state index in [4.69, 9.17) is 0 Å². The average Bonchev–Trinajstić information content (AvgIpc) is 2.54. The second-order valence-corrected chi connectivity index (χ2v) is 4.03. The molecule has 5 heteroatoms. The van der Waals surface area contributed by atoms with E-state index >= 15 is 0 Å². The number of rotatable bonds is 5. The summed E-state index contributed by atoms with van der Waals surface area (Å²) in [5, 5.41) is 10.2. The molecule has 16 heavy (non-hydrogen) atoms. The van der Waals surface area contributed by atoms with E-state index in [1.807, 2.05) is 34.0 Å². The van der Waals surface area contributed by atoms with Crippen LogP contribution in [0.15, 0.2) is 6.20 Å². The van der Waals surface area contributed by atoms with Gasteiger partial charge in [0.15, 0.2) is 0 Å². The second-order valence-electron chi connectivity index (χ2n) is 4.03. The quantitative estimate of drug-likeness (QED) is 0.786. The molecule has 1 heterocycles. The normalized spacial score (nSPS) is 12.2. The molecule has 0 radical (unpaired) electrons. The van der Waals surface area contributed by atoms with E-state index < -0.39 is 0 Å². The fourth-order valence-corrected chi connectivity index (χ4v) is 1.38. The Morgan fingerprint density at radius 1 is 1.62 bits per heavy atom. The number of amides is 1. The fourth-order valence-electron chi connectivity index (χ4n) is 1.38. The zero-order valence-corrected chi connectivity index (χ0v) is 10.4. The molecule has 1 atom stereocenters. The maximum atomic E-state index is 11.5. The molecule has 1 aromatic heterocycles. The summed E-state index contributed by atoms with van der Waals surface area (Å²) in [6.45, 7) is 6.24. The third-order valence-corrected chi connectivity index (χ3v) is 2.47. The summed E-state index contributed by atoms with van der Waals surface area (Å²) in [5.41, 5.74) is 1.81. The Bertz CT molecular complexity index is 359. The van der Waals surface area contributed by atoms with Crippen molar-refractivity contribution in [2.75, 3.05) is 11.9 Å². The molecular formula is C11H20N4O. The SMILES string of the molecule is CCC(C)NC(=O)CNc1cn(C)nc1C. The van der Waals surface area contributed by atoms with Gasteiger partial charge >= 0.3 is 0 Å². The zero-order chi connectivity index (χ0) is 12.1. The van der Waals surface area contributed by atoms with Crippen LogP contribution in [-0.2, 0) is 11.8 Å². The minimum Gasteiger partial charge on any atom is -0.373 e. The number of aryl methyl sites for hydroxylation is 2. The molecule has 5 nitrogen and oxygen atoms in total. The van der Waals surface area contributed by atoms with Crippen molar-refractivity contribution in [1.82, 2.24) is 15.1 Å². The van der Waals surface area contributed by atoms with Gasteiger partial charge in [0.25, 0.3) is 0 Å². The zero-order valence-electron chi connectivity index (χ0n) is 10.4. The van der Waals surface area contributed by atoms with Crippen LogP contribution in [0.4, 0.5) is 5.69 Å². The summed E-state index contributed by atoms with van der Waals surface area (Å²) in [7, 11) is 1.86.